The van der Waals surface area contributed by atoms with E-state index in [-0.39, 0.29) is 0 Å². The van der Waals surface area contributed by atoms with Crippen LogP contribution in [0.15, 0.2) is 18.7 Å². The minimum Gasteiger partial charge on any atom is -0.462 e. The summed E-state index contributed by atoms with van der Waals surface area (Å²) in [5.41, 5.74) is 0. The highest BCUT2D eigenvalue weighted by atomic mass is 16.5. The standard InChI is InChI=1S/C11H17N7O/c1-12-9-14-10(18-5-4-13-8-18)16-11(15-9)19-7-6-17(2)3/h4-5,8H,6-7H2,1-3H3,(H,12,14,15,16). The molecule has 0 fully saturated rings. The van der Waals surface area contributed by atoms with E-state index in [4.69, 9.17) is 4.74 Å². The van der Waals surface area contributed by atoms with Gasteiger partial charge in [0.1, 0.15) is 12.9 Å². The van der Waals surface area contributed by atoms with Crippen LogP contribution in [0.4, 0.5) is 5.95 Å². The first-order valence-corrected chi connectivity index (χ1v) is 5.88. The van der Waals surface area contributed by atoms with Crippen molar-refractivity contribution < 1.29 is 4.74 Å². The van der Waals surface area contributed by atoms with E-state index in [9.17, 15) is 0 Å². The lowest BCUT2D eigenvalue weighted by Gasteiger charge is -2.11. The Morgan fingerprint density at radius 2 is 2.16 bits per heavy atom. The summed E-state index contributed by atoms with van der Waals surface area (Å²) in [7, 11) is 5.70. The highest BCUT2D eigenvalue weighted by Gasteiger charge is 2.08. The van der Waals surface area contributed by atoms with E-state index in [0.29, 0.717) is 24.5 Å². The van der Waals surface area contributed by atoms with Crippen molar-refractivity contribution in [1.82, 2.24) is 29.4 Å². The van der Waals surface area contributed by atoms with Crippen LogP contribution >= 0.6 is 0 Å². The van der Waals surface area contributed by atoms with Gasteiger partial charge in [-0.05, 0) is 14.1 Å². The lowest BCUT2D eigenvalue weighted by atomic mass is 10.6. The topological polar surface area (TPSA) is 81.0 Å². The number of aromatic nitrogens is 5. The molecule has 0 unspecified atom stereocenters. The quantitative estimate of drug-likeness (QED) is 0.788. The van der Waals surface area contributed by atoms with Crippen molar-refractivity contribution in [2.24, 2.45) is 0 Å². The van der Waals surface area contributed by atoms with Crippen LogP contribution in [0, 0.1) is 0 Å². The van der Waals surface area contributed by atoms with E-state index in [2.05, 4.69) is 25.3 Å². The monoisotopic (exact) mass is 263 g/mol. The van der Waals surface area contributed by atoms with E-state index < -0.39 is 0 Å². The second-order valence-electron chi connectivity index (χ2n) is 4.11. The molecule has 0 aliphatic carbocycles. The van der Waals surface area contributed by atoms with Gasteiger partial charge in [0.15, 0.2) is 0 Å². The van der Waals surface area contributed by atoms with Gasteiger partial charge >= 0.3 is 6.01 Å². The normalized spacial score (nSPS) is 10.7. The van der Waals surface area contributed by atoms with Crippen molar-refractivity contribution in [1.29, 1.82) is 0 Å². The fraction of sp³-hybridized carbons (Fsp3) is 0.455. The average molecular weight is 263 g/mol. The Morgan fingerprint density at radius 3 is 2.79 bits per heavy atom. The van der Waals surface area contributed by atoms with Crippen LogP contribution in [-0.4, -0.2) is 63.7 Å². The summed E-state index contributed by atoms with van der Waals surface area (Å²) < 4.78 is 7.22. The number of nitrogens with zero attached hydrogens (tertiary/aromatic N) is 6. The molecule has 2 aromatic heterocycles. The van der Waals surface area contributed by atoms with Gasteiger partial charge in [-0.15, -0.1) is 0 Å². The van der Waals surface area contributed by atoms with Crippen LogP contribution in [0.1, 0.15) is 0 Å². The van der Waals surface area contributed by atoms with E-state index in [1.165, 1.54) is 0 Å². The smallest absolute Gasteiger partial charge is 0.323 e. The molecule has 0 saturated carbocycles. The summed E-state index contributed by atoms with van der Waals surface area (Å²) in [6.07, 6.45) is 5.05. The summed E-state index contributed by atoms with van der Waals surface area (Å²) in [5.74, 6) is 0.926. The number of imidazole rings is 1. The number of hydrogen-bond donors (Lipinski definition) is 1. The Balaban J connectivity index is 2.16. The molecule has 0 bridgehead atoms. The molecule has 0 amide bonds. The second-order valence-corrected chi connectivity index (χ2v) is 4.11. The summed E-state index contributed by atoms with van der Waals surface area (Å²) >= 11 is 0. The van der Waals surface area contributed by atoms with Crippen molar-refractivity contribution >= 4 is 5.95 Å². The molecule has 8 nitrogen and oxygen atoms in total. The van der Waals surface area contributed by atoms with Gasteiger partial charge in [0, 0.05) is 26.0 Å². The van der Waals surface area contributed by atoms with Crippen molar-refractivity contribution in [2.75, 3.05) is 39.6 Å². The predicted octanol–water partition coefficient (Wildman–Crippen LogP) is 0.0394. The van der Waals surface area contributed by atoms with E-state index in [0.717, 1.165) is 6.54 Å². The third-order valence-electron chi connectivity index (χ3n) is 2.33. The molecule has 19 heavy (non-hydrogen) atoms. The van der Waals surface area contributed by atoms with Crippen molar-refractivity contribution in [2.45, 2.75) is 0 Å². The third-order valence-corrected chi connectivity index (χ3v) is 2.33. The molecule has 0 spiro atoms. The van der Waals surface area contributed by atoms with E-state index in [1.54, 1.807) is 30.3 Å². The van der Waals surface area contributed by atoms with Crippen molar-refractivity contribution in [3.8, 4) is 12.0 Å². The fourth-order valence-corrected chi connectivity index (χ4v) is 1.33. The largest absolute Gasteiger partial charge is 0.462 e. The third kappa shape index (κ3) is 3.62. The lowest BCUT2D eigenvalue weighted by Crippen LogP contribution is -2.20. The minimum atomic E-state index is 0.296. The summed E-state index contributed by atoms with van der Waals surface area (Å²) in [6, 6.07) is 0.296. The number of ether oxygens (including phenoxy) is 1. The average Bonchev–Trinajstić information content (AvgIpc) is 2.92. The minimum absolute atomic E-state index is 0.296. The van der Waals surface area contributed by atoms with E-state index >= 15 is 0 Å². The molecular weight excluding hydrogens is 246 g/mol. The summed E-state index contributed by atoms with van der Waals surface area (Å²) in [5, 5.41) is 2.88. The van der Waals surface area contributed by atoms with Crippen LogP contribution < -0.4 is 10.1 Å². The molecule has 102 valence electrons. The number of anilines is 1. The van der Waals surface area contributed by atoms with Gasteiger partial charge in [0.2, 0.25) is 11.9 Å². The van der Waals surface area contributed by atoms with Crippen molar-refractivity contribution in [3.63, 3.8) is 0 Å². The number of likely N-dealkylation sites (N-methyl/N-ethyl adjacent to an activating group) is 1. The zero-order valence-corrected chi connectivity index (χ0v) is 11.2. The predicted molar refractivity (Wildman–Crippen MR) is 70.5 cm³/mol. The maximum Gasteiger partial charge on any atom is 0.323 e. The maximum absolute atomic E-state index is 5.52. The molecule has 0 aliphatic heterocycles. The van der Waals surface area contributed by atoms with Gasteiger partial charge < -0.3 is 15.0 Å². The summed E-state index contributed by atoms with van der Waals surface area (Å²) in [4.78, 5) is 18.6. The summed E-state index contributed by atoms with van der Waals surface area (Å²) in [6.45, 7) is 1.31. The van der Waals surface area contributed by atoms with Crippen molar-refractivity contribution in [3.05, 3.63) is 18.7 Å². The fourth-order valence-electron chi connectivity index (χ4n) is 1.33. The highest BCUT2D eigenvalue weighted by molar-refractivity contribution is 5.29. The van der Waals surface area contributed by atoms with Crippen LogP contribution in [0.25, 0.3) is 5.95 Å². The molecule has 0 atom stereocenters. The van der Waals surface area contributed by atoms with Crippen LogP contribution in [0.2, 0.25) is 0 Å². The Bertz CT molecular complexity index is 512. The zero-order chi connectivity index (χ0) is 13.7. The van der Waals surface area contributed by atoms with Gasteiger partial charge in [-0.1, -0.05) is 0 Å². The molecule has 2 aromatic rings. The molecule has 2 rings (SSSR count). The Kier molecular flexibility index (Phi) is 4.24. The molecule has 1 N–H and O–H groups in total. The Morgan fingerprint density at radius 1 is 1.32 bits per heavy atom. The number of rotatable bonds is 6. The molecular formula is C11H17N7O. The van der Waals surface area contributed by atoms with Crippen LogP contribution in [0.3, 0.4) is 0 Å². The van der Waals surface area contributed by atoms with Crippen LogP contribution in [0.5, 0.6) is 6.01 Å². The highest BCUT2D eigenvalue weighted by Crippen LogP contribution is 2.10. The van der Waals surface area contributed by atoms with Gasteiger partial charge in [0.05, 0.1) is 0 Å². The van der Waals surface area contributed by atoms with Gasteiger partial charge in [-0.3, -0.25) is 4.57 Å². The Labute approximate surface area is 111 Å². The maximum atomic E-state index is 5.52. The second kappa shape index (κ2) is 6.10. The molecule has 2 heterocycles. The molecule has 0 radical (unpaired) electrons. The lowest BCUT2D eigenvalue weighted by molar-refractivity contribution is 0.245. The van der Waals surface area contributed by atoms with Crippen LogP contribution in [-0.2, 0) is 0 Å². The molecule has 0 saturated heterocycles. The SMILES string of the molecule is CNc1nc(OCCN(C)C)nc(-n2ccnc2)n1. The van der Waals surface area contributed by atoms with E-state index in [1.807, 2.05) is 19.0 Å². The molecule has 8 heteroatoms. The van der Waals surface area contributed by atoms with Gasteiger partial charge in [0.25, 0.3) is 0 Å². The number of nitrogens with one attached hydrogen (secondary N) is 1. The first-order valence-electron chi connectivity index (χ1n) is 5.88. The molecule has 0 aromatic carbocycles. The van der Waals surface area contributed by atoms with Gasteiger partial charge in [-0.25, -0.2) is 4.98 Å². The first kappa shape index (κ1) is 13.2. The zero-order valence-electron chi connectivity index (χ0n) is 11.2. The molecule has 0 aliphatic rings. The Hall–Kier alpha value is -2.22. The van der Waals surface area contributed by atoms with Gasteiger partial charge in [-0.2, -0.15) is 15.0 Å². The first-order chi connectivity index (χ1) is 9.19. The number of hydrogen-bond acceptors (Lipinski definition) is 7.